The maximum Gasteiger partial charge on any atom is 0.123 e. The fraction of sp³-hybridized carbons (Fsp3) is 0.200. The molecule has 0 radical (unpaired) electrons. The second kappa shape index (κ2) is 3.33. The van der Waals surface area contributed by atoms with Crippen LogP contribution in [0.15, 0.2) is 24.3 Å². The molecule has 0 aliphatic carbocycles. The van der Waals surface area contributed by atoms with Crippen molar-refractivity contribution in [2.45, 2.75) is 13.8 Å². The Kier molecular flexibility index (Phi) is 2.42. The van der Waals surface area contributed by atoms with Crippen LogP contribution in [0.4, 0.5) is 4.39 Å². The van der Waals surface area contributed by atoms with Gasteiger partial charge in [0.2, 0.25) is 0 Å². The van der Waals surface area contributed by atoms with Gasteiger partial charge in [0.1, 0.15) is 5.82 Å². The van der Waals surface area contributed by atoms with Crippen molar-refractivity contribution in [3.63, 3.8) is 0 Å². The van der Waals surface area contributed by atoms with Crippen LogP contribution in [0.2, 0.25) is 0 Å². The minimum atomic E-state index is -0.171. The van der Waals surface area contributed by atoms with Crippen LogP contribution < -0.4 is 0 Å². The number of halogens is 1. The van der Waals surface area contributed by atoms with E-state index in [0.717, 1.165) is 11.1 Å². The maximum absolute atomic E-state index is 12.6. The molecule has 0 fully saturated rings. The molecule has 0 aliphatic heterocycles. The zero-order valence-electron chi connectivity index (χ0n) is 6.76. The fourth-order valence-corrected chi connectivity index (χ4v) is 1.01. The van der Waals surface area contributed by atoms with E-state index in [1.165, 1.54) is 12.1 Å². The largest absolute Gasteiger partial charge is 0.207 e. The predicted octanol–water partition coefficient (Wildman–Crippen LogP) is 3.17. The SMILES string of the molecule is CC=Cc1ccc(F)cc1C. The van der Waals surface area contributed by atoms with Gasteiger partial charge in [-0.05, 0) is 37.1 Å². The van der Waals surface area contributed by atoms with E-state index in [0.29, 0.717) is 0 Å². The summed E-state index contributed by atoms with van der Waals surface area (Å²) < 4.78 is 12.6. The standard InChI is InChI=1S/C10H11F/c1-3-4-9-5-6-10(11)7-8(9)2/h3-7H,1-2H3. The first kappa shape index (κ1) is 7.99. The van der Waals surface area contributed by atoms with Gasteiger partial charge in [0.25, 0.3) is 0 Å². The van der Waals surface area contributed by atoms with Crippen LogP contribution in [0.5, 0.6) is 0 Å². The molecular formula is C10H11F. The third kappa shape index (κ3) is 1.90. The monoisotopic (exact) mass is 150 g/mol. The molecule has 0 spiro atoms. The molecule has 1 aromatic carbocycles. The number of aryl methyl sites for hydroxylation is 1. The van der Waals surface area contributed by atoms with Gasteiger partial charge in [-0.15, -0.1) is 0 Å². The lowest BCUT2D eigenvalue weighted by molar-refractivity contribution is 0.626. The molecule has 0 N–H and O–H groups in total. The third-order valence-corrected chi connectivity index (χ3v) is 1.58. The number of rotatable bonds is 1. The van der Waals surface area contributed by atoms with Crippen molar-refractivity contribution >= 4 is 6.08 Å². The summed E-state index contributed by atoms with van der Waals surface area (Å²) in [5.41, 5.74) is 2.05. The number of benzene rings is 1. The molecule has 0 atom stereocenters. The fourth-order valence-electron chi connectivity index (χ4n) is 1.01. The second-order valence-corrected chi connectivity index (χ2v) is 2.50. The first-order valence-corrected chi connectivity index (χ1v) is 3.63. The Morgan fingerprint density at radius 2 is 2.09 bits per heavy atom. The predicted molar refractivity (Wildman–Crippen MR) is 45.8 cm³/mol. The van der Waals surface area contributed by atoms with Crippen molar-refractivity contribution in [1.82, 2.24) is 0 Å². The molecule has 0 heterocycles. The van der Waals surface area contributed by atoms with Gasteiger partial charge in [0, 0.05) is 0 Å². The van der Waals surface area contributed by atoms with Gasteiger partial charge < -0.3 is 0 Å². The quantitative estimate of drug-likeness (QED) is 0.576. The van der Waals surface area contributed by atoms with E-state index in [4.69, 9.17) is 0 Å². The minimum absolute atomic E-state index is 0.171. The highest BCUT2D eigenvalue weighted by molar-refractivity contribution is 5.52. The summed E-state index contributed by atoms with van der Waals surface area (Å²) in [5.74, 6) is -0.171. The van der Waals surface area contributed by atoms with Crippen molar-refractivity contribution in [3.8, 4) is 0 Å². The summed E-state index contributed by atoms with van der Waals surface area (Å²) in [4.78, 5) is 0. The van der Waals surface area contributed by atoms with Crippen LogP contribution in [-0.2, 0) is 0 Å². The number of hydrogen-bond donors (Lipinski definition) is 0. The Balaban J connectivity index is 3.09. The Morgan fingerprint density at radius 1 is 1.36 bits per heavy atom. The van der Waals surface area contributed by atoms with E-state index in [-0.39, 0.29) is 5.82 Å². The third-order valence-electron chi connectivity index (χ3n) is 1.58. The van der Waals surface area contributed by atoms with Gasteiger partial charge in [-0.1, -0.05) is 18.2 Å². The molecule has 58 valence electrons. The topological polar surface area (TPSA) is 0 Å². The van der Waals surface area contributed by atoms with E-state index in [1.54, 1.807) is 6.07 Å². The molecule has 0 saturated heterocycles. The van der Waals surface area contributed by atoms with Crippen molar-refractivity contribution in [3.05, 3.63) is 41.2 Å². The molecule has 1 heteroatoms. The average Bonchev–Trinajstić information content (AvgIpc) is 1.95. The molecule has 0 unspecified atom stereocenters. The smallest absolute Gasteiger partial charge is 0.123 e. The lowest BCUT2D eigenvalue weighted by atomic mass is 10.1. The second-order valence-electron chi connectivity index (χ2n) is 2.50. The van der Waals surface area contributed by atoms with Gasteiger partial charge in [-0.3, -0.25) is 0 Å². The van der Waals surface area contributed by atoms with Crippen molar-refractivity contribution in [1.29, 1.82) is 0 Å². The Hall–Kier alpha value is -1.11. The zero-order chi connectivity index (χ0) is 8.27. The normalized spacial score (nSPS) is 10.8. The first-order valence-electron chi connectivity index (χ1n) is 3.63. The van der Waals surface area contributed by atoms with E-state index in [2.05, 4.69) is 0 Å². The Labute approximate surface area is 66.4 Å². The number of hydrogen-bond acceptors (Lipinski definition) is 0. The summed E-state index contributed by atoms with van der Waals surface area (Å²) >= 11 is 0. The van der Waals surface area contributed by atoms with Gasteiger partial charge >= 0.3 is 0 Å². The molecule has 1 aromatic rings. The van der Waals surface area contributed by atoms with Crippen molar-refractivity contribution in [2.24, 2.45) is 0 Å². The van der Waals surface area contributed by atoms with Crippen LogP contribution >= 0.6 is 0 Å². The van der Waals surface area contributed by atoms with Crippen LogP contribution in [0.25, 0.3) is 6.08 Å². The maximum atomic E-state index is 12.6. The average molecular weight is 150 g/mol. The lowest BCUT2D eigenvalue weighted by Gasteiger charge is -1.98. The van der Waals surface area contributed by atoms with Crippen LogP contribution in [0, 0.1) is 12.7 Å². The van der Waals surface area contributed by atoms with E-state index >= 15 is 0 Å². The van der Waals surface area contributed by atoms with Crippen molar-refractivity contribution in [2.75, 3.05) is 0 Å². The molecule has 0 saturated carbocycles. The molecule has 0 nitrogen and oxygen atoms in total. The van der Waals surface area contributed by atoms with Crippen molar-refractivity contribution < 1.29 is 4.39 Å². The Morgan fingerprint density at radius 3 is 2.64 bits per heavy atom. The highest BCUT2D eigenvalue weighted by atomic mass is 19.1. The molecule has 0 amide bonds. The highest BCUT2D eigenvalue weighted by Gasteiger charge is 1.94. The lowest BCUT2D eigenvalue weighted by Crippen LogP contribution is -1.81. The molecule has 0 bridgehead atoms. The summed E-state index contributed by atoms with van der Waals surface area (Å²) in [6.45, 7) is 3.85. The van der Waals surface area contributed by atoms with Gasteiger partial charge in [-0.25, -0.2) is 4.39 Å². The minimum Gasteiger partial charge on any atom is -0.207 e. The van der Waals surface area contributed by atoms with E-state index < -0.39 is 0 Å². The molecule has 1 rings (SSSR count). The zero-order valence-corrected chi connectivity index (χ0v) is 6.76. The molecular weight excluding hydrogens is 139 g/mol. The van der Waals surface area contributed by atoms with Gasteiger partial charge in [-0.2, -0.15) is 0 Å². The van der Waals surface area contributed by atoms with Gasteiger partial charge in [0.15, 0.2) is 0 Å². The molecule has 11 heavy (non-hydrogen) atoms. The Bertz CT molecular complexity index is 274. The van der Waals surface area contributed by atoms with E-state index in [9.17, 15) is 4.39 Å². The first-order chi connectivity index (χ1) is 5.24. The summed E-state index contributed by atoms with van der Waals surface area (Å²) in [5, 5.41) is 0. The number of allylic oxidation sites excluding steroid dienone is 1. The highest BCUT2D eigenvalue weighted by Crippen LogP contribution is 2.11. The van der Waals surface area contributed by atoms with Crippen LogP contribution in [0.1, 0.15) is 18.1 Å². The molecule has 0 aromatic heterocycles. The summed E-state index contributed by atoms with van der Waals surface area (Å²) in [6, 6.07) is 4.79. The van der Waals surface area contributed by atoms with Crippen LogP contribution in [-0.4, -0.2) is 0 Å². The summed E-state index contributed by atoms with van der Waals surface area (Å²) in [6.07, 6.45) is 3.91. The van der Waals surface area contributed by atoms with Gasteiger partial charge in [0.05, 0.1) is 0 Å². The van der Waals surface area contributed by atoms with Crippen LogP contribution in [0.3, 0.4) is 0 Å². The summed E-state index contributed by atoms with van der Waals surface area (Å²) in [7, 11) is 0. The molecule has 0 aliphatic rings. The van der Waals surface area contributed by atoms with E-state index in [1.807, 2.05) is 26.0 Å².